The number of aromatic nitrogens is 3. The SMILES string of the molecule is Cc1ccc([C@@H]2C3=C(Nc4ncnn42)c2cc(Cl)ccc2O[C@@H]3c2cccc(Br)c2)cc1. The van der Waals surface area contributed by atoms with E-state index in [2.05, 4.69) is 74.7 Å². The van der Waals surface area contributed by atoms with Crippen molar-refractivity contribution in [1.82, 2.24) is 14.8 Å². The highest BCUT2D eigenvalue weighted by Gasteiger charge is 2.41. The first-order valence-corrected chi connectivity index (χ1v) is 11.4. The Morgan fingerprint density at radius 2 is 1.88 bits per heavy atom. The highest BCUT2D eigenvalue weighted by atomic mass is 79.9. The molecule has 0 fully saturated rings. The summed E-state index contributed by atoms with van der Waals surface area (Å²) < 4.78 is 9.55. The molecule has 1 N–H and O–H groups in total. The van der Waals surface area contributed by atoms with Gasteiger partial charge in [-0.3, -0.25) is 0 Å². The number of halogens is 2. The van der Waals surface area contributed by atoms with Crippen LogP contribution in [0.1, 0.15) is 34.4 Å². The summed E-state index contributed by atoms with van der Waals surface area (Å²) in [4.78, 5) is 4.47. The first-order chi connectivity index (χ1) is 15.6. The molecule has 0 unspecified atom stereocenters. The zero-order chi connectivity index (χ0) is 21.8. The van der Waals surface area contributed by atoms with Gasteiger partial charge in [-0.2, -0.15) is 10.1 Å². The van der Waals surface area contributed by atoms with Crippen molar-refractivity contribution in [2.45, 2.75) is 19.1 Å². The van der Waals surface area contributed by atoms with Gasteiger partial charge in [0.1, 0.15) is 24.2 Å². The topological polar surface area (TPSA) is 52.0 Å². The highest BCUT2D eigenvalue weighted by Crippen LogP contribution is 2.51. The largest absolute Gasteiger partial charge is 0.480 e. The Hall–Kier alpha value is -3.09. The fourth-order valence-electron chi connectivity index (χ4n) is 4.46. The second kappa shape index (κ2) is 7.50. The van der Waals surface area contributed by atoms with E-state index in [1.807, 2.05) is 35.0 Å². The second-order valence-electron chi connectivity index (χ2n) is 7.99. The zero-order valence-corrected chi connectivity index (χ0v) is 19.4. The second-order valence-corrected chi connectivity index (χ2v) is 9.34. The van der Waals surface area contributed by atoms with Crippen molar-refractivity contribution in [3.05, 3.63) is 110 Å². The molecule has 158 valence electrons. The molecule has 32 heavy (non-hydrogen) atoms. The average Bonchev–Trinajstić information content (AvgIpc) is 3.26. The first kappa shape index (κ1) is 19.6. The minimum Gasteiger partial charge on any atom is -0.480 e. The number of benzene rings is 3. The summed E-state index contributed by atoms with van der Waals surface area (Å²) in [7, 11) is 0. The number of nitrogens with zero attached hydrogens (tertiary/aromatic N) is 3. The highest BCUT2D eigenvalue weighted by molar-refractivity contribution is 9.10. The van der Waals surface area contributed by atoms with Gasteiger partial charge in [0.05, 0.1) is 5.70 Å². The van der Waals surface area contributed by atoms with Crippen molar-refractivity contribution in [1.29, 1.82) is 0 Å². The summed E-state index contributed by atoms with van der Waals surface area (Å²) in [5.74, 6) is 1.47. The molecule has 1 aromatic heterocycles. The smallest absolute Gasteiger partial charge is 0.226 e. The van der Waals surface area contributed by atoms with Gasteiger partial charge in [-0.25, -0.2) is 4.68 Å². The van der Waals surface area contributed by atoms with Crippen molar-refractivity contribution >= 4 is 39.2 Å². The van der Waals surface area contributed by atoms with E-state index in [1.54, 1.807) is 6.33 Å². The lowest BCUT2D eigenvalue weighted by Gasteiger charge is -2.39. The number of nitrogens with one attached hydrogen (secondary N) is 1. The van der Waals surface area contributed by atoms with Crippen LogP contribution in [0.5, 0.6) is 5.75 Å². The molecule has 0 spiro atoms. The predicted molar refractivity (Wildman–Crippen MR) is 129 cm³/mol. The van der Waals surface area contributed by atoms with Crippen LogP contribution in [0.3, 0.4) is 0 Å². The van der Waals surface area contributed by atoms with E-state index in [-0.39, 0.29) is 12.1 Å². The van der Waals surface area contributed by atoms with Gasteiger partial charge in [0, 0.05) is 20.6 Å². The maximum Gasteiger partial charge on any atom is 0.226 e. The molecular formula is C25H18BrClN4O. The molecule has 0 amide bonds. The summed E-state index contributed by atoms with van der Waals surface area (Å²) >= 11 is 10.0. The van der Waals surface area contributed by atoms with Crippen molar-refractivity contribution in [3.63, 3.8) is 0 Å². The van der Waals surface area contributed by atoms with Crippen LogP contribution in [0, 0.1) is 6.92 Å². The lowest BCUT2D eigenvalue weighted by molar-refractivity contribution is 0.223. The summed E-state index contributed by atoms with van der Waals surface area (Å²) in [6.45, 7) is 2.09. The molecule has 5 nitrogen and oxygen atoms in total. The summed E-state index contributed by atoms with van der Waals surface area (Å²) in [5.41, 5.74) is 6.33. The minimum atomic E-state index is -0.313. The van der Waals surface area contributed by atoms with Crippen molar-refractivity contribution in [2.24, 2.45) is 0 Å². The zero-order valence-electron chi connectivity index (χ0n) is 17.1. The van der Waals surface area contributed by atoms with Gasteiger partial charge in [0.25, 0.3) is 0 Å². The molecule has 0 saturated heterocycles. The van der Waals surface area contributed by atoms with Crippen LogP contribution in [-0.2, 0) is 0 Å². The van der Waals surface area contributed by atoms with E-state index in [1.165, 1.54) is 5.56 Å². The number of ether oxygens (including phenoxy) is 1. The number of aryl methyl sites for hydroxylation is 1. The van der Waals surface area contributed by atoms with Gasteiger partial charge in [0.15, 0.2) is 0 Å². The quantitative estimate of drug-likeness (QED) is 0.335. The fraction of sp³-hybridized carbons (Fsp3) is 0.120. The van der Waals surface area contributed by atoms with E-state index in [0.29, 0.717) is 11.0 Å². The molecule has 2 aliphatic rings. The average molecular weight is 506 g/mol. The third kappa shape index (κ3) is 3.14. The lowest BCUT2D eigenvalue weighted by atomic mass is 9.84. The monoisotopic (exact) mass is 504 g/mol. The van der Waals surface area contributed by atoms with Crippen LogP contribution in [-0.4, -0.2) is 14.8 Å². The van der Waals surface area contributed by atoms with Gasteiger partial charge < -0.3 is 10.1 Å². The third-order valence-corrected chi connectivity index (χ3v) is 6.65. The molecule has 0 bridgehead atoms. The van der Waals surface area contributed by atoms with Gasteiger partial charge in [-0.05, 0) is 48.4 Å². The standard InChI is InChI=1S/C25H18BrClN4O/c1-14-5-7-15(8-6-14)23-21-22(30-25-28-13-29-31(23)25)19-12-18(27)9-10-20(19)32-24(21)16-3-2-4-17(26)11-16/h2-13,23-24H,1H3,(H,28,29,30)/t23-,24-/m1/s1. The Bertz CT molecular complexity index is 1380. The maximum atomic E-state index is 6.63. The Balaban J connectivity index is 1.64. The van der Waals surface area contributed by atoms with Crippen LogP contribution in [0.15, 0.2) is 83.1 Å². The molecule has 0 radical (unpaired) electrons. The van der Waals surface area contributed by atoms with Crippen molar-refractivity contribution < 1.29 is 4.74 Å². The molecule has 4 aromatic rings. The summed E-state index contributed by atoms with van der Waals surface area (Å²) in [6, 6.07) is 22.3. The van der Waals surface area contributed by atoms with Crippen LogP contribution in [0.4, 0.5) is 5.95 Å². The lowest BCUT2D eigenvalue weighted by Crippen LogP contribution is -2.32. The Labute approximate surface area is 198 Å². The third-order valence-electron chi connectivity index (χ3n) is 5.92. The molecule has 2 atom stereocenters. The number of hydrogen-bond acceptors (Lipinski definition) is 4. The predicted octanol–water partition coefficient (Wildman–Crippen LogP) is 6.56. The molecule has 3 heterocycles. The van der Waals surface area contributed by atoms with E-state index >= 15 is 0 Å². The minimum absolute atomic E-state index is 0.180. The van der Waals surface area contributed by atoms with Gasteiger partial charge in [-0.1, -0.05) is 69.5 Å². The Morgan fingerprint density at radius 1 is 1.03 bits per heavy atom. The first-order valence-electron chi connectivity index (χ1n) is 10.3. The van der Waals surface area contributed by atoms with Gasteiger partial charge in [-0.15, -0.1) is 0 Å². The summed E-state index contributed by atoms with van der Waals surface area (Å²) in [5, 5.41) is 8.73. The van der Waals surface area contributed by atoms with E-state index in [0.717, 1.165) is 38.2 Å². The van der Waals surface area contributed by atoms with E-state index in [4.69, 9.17) is 16.3 Å². The molecule has 6 rings (SSSR count). The normalized spacial score (nSPS) is 18.8. The van der Waals surface area contributed by atoms with Gasteiger partial charge in [0.2, 0.25) is 5.95 Å². The van der Waals surface area contributed by atoms with E-state index < -0.39 is 0 Å². The van der Waals surface area contributed by atoms with E-state index in [9.17, 15) is 0 Å². The van der Waals surface area contributed by atoms with Crippen molar-refractivity contribution in [2.75, 3.05) is 5.32 Å². The summed E-state index contributed by atoms with van der Waals surface area (Å²) in [6.07, 6.45) is 1.27. The number of anilines is 1. The molecule has 0 saturated carbocycles. The molecule has 3 aromatic carbocycles. The van der Waals surface area contributed by atoms with Crippen LogP contribution in [0.2, 0.25) is 5.02 Å². The fourth-order valence-corrected chi connectivity index (χ4v) is 5.04. The molecule has 2 aliphatic heterocycles. The van der Waals surface area contributed by atoms with Crippen LogP contribution < -0.4 is 10.1 Å². The molecule has 0 aliphatic carbocycles. The molecular weight excluding hydrogens is 488 g/mol. The van der Waals surface area contributed by atoms with Crippen molar-refractivity contribution in [3.8, 4) is 5.75 Å². The van der Waals surface area contributed by atoms with Crippen LogP contribution in [0.25, 0.3) is 5.70 Å². The Kier molecular flexibility index (Phi) is 4.59. The number of rotatable bonds is 2. The number of hydrogen-bond donors (Lipinski definition) is 1. The number of fused-ring (bicyclic) bond motifs is 3. The molecule has 7 heteroatoms. The van der Waals surface area contributed by atoms with Gasteiger partial charge >= 0.3 is 0 Å². The van der Waals surface area contributed by atoms with Crippen LogP contribution >= 0.6 is 27.5 Å². The maximum absolute atomic E-state index is 6.63. The Morgan fingerprint density at radius 3 is 2.69 bits per heavy atom.